The van der Waals surface area contributed by atoms with Gasteiger partial charge in [0.1, 0.15) is 11.6 Å². The van der Waals surface area contributed by atoms with Crippen LogP contribution in [0.5, 0.6) is 0 Å². The van der Waals surface area contributed by atoms with Crippen LogP contribution in [-0.4, -0.2) is 38.4 Å². The molecule has 2 N–H and O–H groups in total. The Hall–Kier alpha value is -2.21. The van der Waals surface area contributed by atoms with E-state index in [1.165, 1.54) is 0 Å². The maximum atomic E-state index is 12.4. The molecule has 1 heterocycles. The van der Waals surface area contributed by atoms with Crippen LogP contribution in [-0.2, 0) is 0 Å². The lowest BCUT2D eigenvalue weighted by molar-refractivity contribution is 0.0897. The Morgan fingerprint density at radius 2 is 1.88 bits per heavy atom. The van der Waals surface area contributed by atoms with E-state index in [2.05, 4.69) is 36.2 Å². The van der Waals surface area contributed by atoms with Crippen molar-refractivity contribution in [1.82, 2.24) is 20.1 Å². The van der Waals surface area contributed by atoms with Crippen molar-refractivity contribution in [2.24, 2.45) is 5.41 Å². The van der Waals surface area contributed by atoms with Gasteiger partial charge >= 0.3 is 0 Å². The van der Waals surface area contributed by atoms with Gasteiger partial charge < -0.3 is 10.4 Å². The smallest absolute Gasteiger partial charge is 0.251 e. The number of aliphatic hydroxyl groups excluding tert-OH is 1. The maximum Gasteiger partial charge on any atom is 0.251 e. The van der Waals surface area contributed by atoms with Gasteiger partial charge in [-0.15, -0.1) is 0 Å². The standard InChI is InChI=1S/C18H26N4O2/c1-12-19-13(2)22(21-12)16-8-6-14(7-9-16)17(24)20-15(11-23)10-18(3,4)5/h6-9,15,23H,10-11H2,1-5H3,(H,20,24). The predicted octanol–water partition coefficient (Wildman–Crippen LogP) is 2.41. The van der Waals surface area contributed by atoms with E-state index in [0.717, 1.165) is 11.5 Å². The maximum absolute atomic E-state index is 12.4. The minimum Gasteiger partial charge on any atom is -0.394 e. The van der Waals surface area contributed by atoms with Crippen molar-refractivity contribution in [2.45, 2.75) is 47.1 Å². The average molecular weight is 330 g/mol. The number of carbonyl (C=O) groups is 1. The van der Waals surface area contributed by atoms with Gasteiger partial charge in [-0.05, 0) is 49.9 Å². The Bertz CT molecular complexity index is 699. The topological polar surface area (TPSA) is 80.0 Å². The lowest BCUT2D eigenvalue weighted by Gasteiger charge is -2.25. The number of carbonyl (C=O) groups excluding carboxylic acids is 1. The zero-order chi connectivity index (χ0) is 17.9. The largest absolute Gasteiger partial charge is 0.394 e. The van der Waals surface area contributed by atoms with Crippen molar-refractivity contribution in [3.05, 3.63) is 41.5 Å². The quantitative estimate of drug-likeness (QED) is 0.882. The molecule has 0 saturated heterocycles. The van der Waals surface area contributed by atoms with Gasteiger partial charge in [-0.25, -0.2) is 9.67 Å². The fraction of sp³-hybridized carbons (Fsp3) is 0.500. The van der Waals surface area contributed by atoms with Crippen LogP contribution >= 0.6 is 0 Å². The van der Waals surface area contributed by atoms with Gasteiger partial charge in [-0.2, -0.15) is 5.10 Å². The zero-order valence-corrected chi connectivity index (χ0v) is 15.0. The average Bonchev–Trinajstić information content (AvgIpc) is 2.84. The van der Waals surface area contributed by atoms with Crippen molar-refractivity contribution >= 4 is 5.91 Å². The zero-order valence-electron chi connectivity index (χ0n) is 15.0. The number of amides is 1. The molecule has 0 aliphatic heterocycles. The molecular formula is C18H26N4O2. The first-order valence-electron chi connectivity index (χ1n) is 8.12. The molecule has 130 valence electrons. The first kappa shape index (κ1) is 18.1. The Balaban J connectivity index is 2.09. The number of nitrogens with zero attached hydrogens (tertiary/aromatic N) is 3. The Labute approximate surface area is 142 Å². The highest BCUT2D eigenvalue weighted by atomic mass is 16.3. The third-order valence-electron chi connectivity index (χ3n) is 3.66. The van der Waals surface area contributed by atoms with Crippen LogP contribution in [0.25, 0.3) is 5.69 Å². The summed E-state index contributed by atoms with van der Waals surface area (Å²) in [6, 6.07) is 6.94. The molecule has 1 aromatic carbocycles. The molecule has 24 heavy (non-hydrogen) atoms. The Kier molecular flexibility index (Phi) is 5.39. The molecule has 1 amide bonds. The van der Waals surface area contributed by atoms with E-state index < -0.39 is 0 Å². The van der Waals surface area contributed by atoms with E-state index in [1.807, 2.05) is 26.0 Å². The molecular weight excluding hydrogens is 304 g/mol. The number of hydrogen-bond acceptors (Lipinski definition) is 4. The van der Waals surface area contributed by atoms with Crippen LogP contribution in [0.4, 0.5) is 0 Å². The summed E-state index contributed by atoms with van der Waals surface area (Å²) < 4.78 is 1.74. The van der Waals surface area contributed by atoms with Gasteiger partial charge in [0.25, 0.3) is 5.91 Å². The fourth-order valence-corrected chi connectivity index (χ4v) is 2.69. The number of aromatic nitrogens is 3. The van der Waals surface area contributed by atoms with Crippen LogP contribution in [0.3, 0.4) is 0 Å². The number of nitrogens with one attached hydrogen (secondary N) is 1. The van der Waals surface area contributed by atoms with Crippen molar-refractivity contribution in [1.29, 1.82) is 0 Å². The molecule has 1 unspecified atom stereocenters. The van der Waals surface area contributed by atoms with Crippen molar-refractivity contribution < 1.29 is 9.90 Å². The summed E-state index contributed by atoms with van der Waals surface area (Å²) >= 11 is 0. The number of benzene rings is 1. The molecule has 0 radical (unpaired) electrons. The highest BCUT2D eigenvalue weighted by Gasteiger charge is 2.20. The molecule has 6 nitrogen and oxygen atoms in total. The van der Waals surface area contributed by atoms with Crippen LogP contribution in [0, 0.1) is 19.3 Å². The molecule has 2 rings (SSSR count). The molecule has 2 aromatic rings. The number of aryl methyl sites for hydroxylation is 2. The molecule has 0 aliphatic rings. The Morgan fingerprint density at radius 1 is 1.25 bits per heavy atom. The highest BCUT2D eigenvalue weighted by Crippen LogP contribution is 2.21. The minimum atomic E-state index is -0.252. The summed E-state index contributed by atoms with van der Waals surface area (Å²) in [4.78, 5) is 16.6. The second kappa shape index (κ2) is 7.13. The van der Waals surface area contributed by atoms with E-state index in [4.69, 9.17) is 0 Å². The summed E-state index contributed by atoms with van der Waals surface area (Å²) in [6.07, 6.45) is 0.713. The third kappa shape index (κ3) is 4.64. The van der Waals surface area contributed by atoms with Gasteiger partial charge in [-0.3, -0.25) is 4.79 Å². The SMILES string of the molecule is Cc1nc(C)n(-c2ccc(C(=O)NC(CO)CC(C)(C)C)cc2)n1. The van der Waals surface area contributed by atoms with E-state index in [9.17, 15) is 9.90 Å². The van der Waals surface area contributed by atoms with Crippen LogP contribution in [0.15, 0.2) is 24.3 Å². The van der Waals surface area contributed by atoms with Gasteiger partial charge in [0.05, 0.1) is 18.3 Å². The number of rotatable bonds is 5. The monoisotopic (exact) mass is 330 g/mol. The number of hydrogen-bond donors (Lipinski definition) is 2. The first-order chi connectivity index (χ1) is 11.2. The van der Waals surface area contributed by atoms with Crippen molar-refractivity contribution in [2.75, 3.05) is 6.61 Å². The molecule has 1 atom stereocenters. The molecule has 0 spiro atoms. The molecule has 0 saturated carbocycles. The number of aliphatic hydroxyl groups is 1. The molecule has 1 aromatic heterocycles. The van der Waals surface area contributed by atoms with E-state index in [1.54, 1.807) is 16.8 Å². The van der Waals surface area contributed by atoms with Gasteiger partial charge in [-0.1, -0.05) is 20.8 Å². The van der Waals surface area contributed by atoms with Crippen molar-refractivity contribution in [3.8, 4) is 5.69 Å². The van der Waals surface area contributed by atoms with E-state index >= 15 is 0 Å². The highest BCUT2D eigenvalue weighted by molar-refractivity contribution is 5.94. The lowest BCUT2D eigenvalue weighted by atomic mass is 9.88. The lowest BCUT2D eigenvalue weighted by Crippen LogP contribution is -2.40. The normalized spacial score (nSPS) is 12.9. The summed E-state index contributed by atoms with van der Waals surface area (Å²) in [5, 5.41) is 16.7. The summed E-state index contributed by atoms with van der Waals surface area (Å²) in [6.45, 7) is 9.91. The van der Waals surface area contributed by atoms with Crippen LogP contribution in [0.2, 0.25) is 0 Å². The van der Waals surface area contributed by atoms with Gasteiger partial charge in [0.2, 0.25) is 0 Å². The van der Waals surface area contributed by atoms with Crippen LogP contribution < -0.4 is 5.32 Å². The van der Waals surface area contributed by atoms with E-state index in [-0.39, 0.29) is 24.0 Å². The van der Waals surface area contributed by atoms with Gasteiger partial charge in [0, 0.05) is 5.56 Å². The third-order valence-corrected chi connectivity index (χ3v) is 3.66. The first-order valence-corrected chi connectivity index (χ1v) is 8.12. The summed E-state index contributed by atoms with van der Waals surface area (Å²) in [5.74, 6) is 1.33. The molecule has 0 fully saturated rings. The summed E-state index contributed by atoms with van der Waals surface area (Å²) in [5.41, 5.74) is 1.45. The van der Waals surface area contributed by atoms with Gasteiger partial charge in [0.15, 0.2) is 0 Å². The predicted molar refractivity (Wildman–Crippen MR) is 93.2 cm³/mol. The second-order valence-corrected chi connectivity index (χ2v) is 7.28. The molecule has 0 aliphatic carbocycles. The second-order valence-electron chi connectivity index (χ2n) is 7.28. The fourth-order valence-electron chi connectivity index (χ4n) is 2.69. The molecule has 6 heteroatoms. The van der Waals surface area contributed by atoms with E-state index in [0.29, 0.717) is 17.8 Å². The minimum absolute atomic E-state index is 0.0347. The van der Waals surface area contributed by atoms with Crippen LogP contribution in [0.1, 0.15) is 49.2 Å². The molecule has 0 bridgehead atoms. The Morgan fingerprint density at radius 3 is 2.33 bits per heavy atom. The summed E-state index contributed by atoms with van der Waals surface area (Å²) in [7, 11) is 0. The van der Waals surface area contributed by atoms with Crippen molar-refractivity contribution in [3.63, 3.8) is 0 Å².